The van der Waals surface area contributed by atoms with Crippen molar-refractivity contribution in [3.63, 3.8) is 0 Å². The minimum Gasteiger partial charge on any atom is -0.356 e. The molecule has 0 bridgehead atoms. The van der Waals surface area contributed by atoms with Gasteiger partial charge in [-0.25, -0.2) is 15.0 Å². The number of fused-ring (bicyclic) bond motifs is 2. The fourth-order valence-corrected chi connectivity index (χ4v) is 3.84. The molecular weight excluding hydrogens is 338 g/mol. The number of rotatable bonds is 3. The molecule has 5 rings (SSSR count). The van der Waals surface area contributed by atoms with E-state index in [-0.39, 0.29) is 0 Å². The van der Waals surface area contributed by atoms with Crippen LogP contribution in [-0.4, -0.2) is 38.2 Å². The van der Waals surface area contributed by atoms with Crippen LogP contribution in [0.5, 0.6) is 0 Å². The first-order valence-corrected chi connectivity index (χ1v) is 9.35. The van der Waals surface area contributed by atoms with Crippen LogP contribution >= 0.6 is 0 Å². The van der Waals surface area contributed by atoms with Crippen LogP contribution in [0.25, 0.3) is 21.8 Å². The van der Waals surface area contributed by atoms with E-state index in [4.69, 9.17) is 0 Å². The normalized spacial score (nSPS) is 14.8. The van der Waals surface area contributed by atoms with Gasteiger partial charge in [-0.05, 0) is 43.9 Å². The molecule has 27 heavy (non-hydrogen) atoms. The molecule has 7 heteroatoms. The van der Waals surface area contributed by atoms with Gasteiger partial charge in [-0.2, -0.15) is 5.10 Å². The molecule has 0 atom stereocenters. The van der Waals surface area contributed by atoms with Crippen molar-refractivity contribution in [2.24, 2.45) is 0 Å². The molecule has 1 aromatic carbocycles. The Balaban J connectivity index is 1.61. The molecule has 0 spiro atoms. The Kier molecular flexibility index (Phi) is 3.85. The Bertz CT molecular complexity index is 1110. The Hall–Kier alpha value is -3.22. The van der Waals surface area contributed by atoms with E-state index in [9.17, 15) is 0 Å². The summed E-state index contributed by atoms with van der Waals surface area (Å²) >= 11 is 0. The third-order valence-corrected chi connectivity index (χ3v) is 5.26. The van der Waals surface area contributed by atoms with E-state index in [1.54, 1.807) is 6.33 Å². The van der Waals surface area contributed by atoms with Gasteiger partial charge in [0.1, 0.15) is 17.7 Å². The van der Waals surface area contributed by atoms with E-state index in [1.807, 2.05) is 24.5 Å². The van der Waals surface area contributed by atoms with Gasteiger partial charge in [-0.15, -0.1) is 0 Å². The second-order valence-corrected chi connectivity index (χ2v) is 7.01. The molecule has 7 nitrogen and oxygen atoms in total. The number of anilines is 3. The minimum absolute atomic E-state index is 0.741. The predicted molar refractivity (Wildman–Crippen MR) is 108 cm³/mol. The van der Waals surface area contributed by atoms with Gasteiger partial charge in [0.25, 0.3) is 0 Å². The number of H-pyrrole nitrogens is 1. The number of aromatic nitrogens is 5. The molecule has 1 saturated heterocycles. The van der Waals surface area contributed by atoms with Crippen LogP contribution in [-0.2, 0) is 0 Å². The lowest BCUT2D eigenvalue weighted by atomic mass is 10.1. The van der Waals surface area contributed by atoms with Crippen molar-refractivity contribution in [1.29, 1.82) is 0 Å². The first-order chi connectivity index (χ1) is 13.3. The minimum atomic E-state index is 0.741. The molecule has 136 valence electrons. The second kappa shape index (κ2) is 6.50. The summed E-state index contributed by atoms with van der Waals surface area (Å²) in [7, 11) is 0. The van der Waals surface area contributed by atoms with Gasteiger partial charge >= 0.3 is 0 Å². The quantitative estimate of drug-likeness (QED) is 0.576. The molecule has 0 amide bonds. The van der Waals surface area contributed by atoms with Gasteiger partial charge in [-0.1, -0.05) is 6.07 Å². The van der Waals surface area contributed by atoms with E-state index < -0.39 is 0 Å². The largest absolute Gasteiger partial charge is 0.356 e. The van der Waals surface area contributed by atoms with E-state index in [2.05, 4.69) is 48.4 Å². The molecule has 0 unspecified atom stereocenters. The van der Waals surface area contributed by atoms with Crippen LogP contribution in [0.2, 0.25) is 0 Å². The summed E-state index contributed by atoms with van der Waals surface area (Å²) in [5.41, 5.74) is 3.97. The molecular formula is C20H21N7. The Labute approximate surface area is 156 Å². The van der Waals surface area contributed by atoms with Crippen molar-refractivity contribution in [3.8, 4) is 0 Å². The monoisotopic (exact) mass is 359 g/mol. The number of nitrogens with zero attached hydrogens (tertiary/aromatic N) is 5. The highest BCUT2D eigenvalue weighted by atomic mass is 15.2. The zero-order valence-corrected chi connectivity index (χ0v) is 15.2. The lowest BCUT2D eigenvalue weighted by Gasteiger charge is -2.28. The standard InChI is InChI=1S/C20H21N7/c1-13-5-6-16-15(11-24-26-16)17(13)25-19-18-14(7-8-21-19)20(23-12-22-18)27-9-3-2-4-10-27/h5-8,11-12H,2-4,9-10H2,1H3,(H,21,25)(H,24,26). The van der Waals surface area contributed by atoms with Crippen molar-refractivity contribution in [1.82, 2.24) is 25.1 Å². The highest BCUT2D eigenvalue weighted by Gasteiger charge is 2.17. The Morgan fingerprint density at radius 2 is 1.89 bits per heavy atom. The van der Waals surface area contributed by atoms with Crippen LogP contribution in [0.1, 0.15) is 24.8 Å². The fourth-order valence-electron chi connectivity index (χ4n) is 3.84. The van der Waals surface area contributed by atoms with E-state index in [0.29, 0.717) is 0 Å². The molecule has 4 heterocycles. The lowest BCUT2D eigenvalue weighted by Crippen LogP contribution is -2.30. The first kappa shape index (κ1) is 16.0. The smallest absolute Gasteiger partial charge is 0.157 e. The first-order valence-electron chi connectivity index (χ1n) is 9.35. The lowest BCUT2D eigenvalue weighted by molar-refractivity contribution is 0.574. The van der Waals surface area contributed by atoms with Crippen LogP contribution in [0, 0.1) is 6.92 Å². The van der Waals surface area contributed by atoms with Gasteiger partial charge in [0, 0.05) is 30.1 Å². The summed E-state index contributed by atoms with van der Waals surface area (Å²) in [4.78, 5) is 16.1. The van der Waals surface area contributed by atoms with Gasteiger partial charge in [-0.3, -0.25) is 5.10 Å². The summed E-state index contributed by atoms with van der Waals surface area (Å²) < 4.78 is 0. The van der Waals surface area contributed by atoms with Crippen molar-refractivity contribution >= 4 is 39.1 Å². The Morgan fingerprint density at radius 3 is 2.78 bits per heavy atom. The second-order valence-electron chi connectivity index (χ2n) is 7.01. The van der Waals surface area contributed by atoms with Crippen LogP contribution < -0.4 is 10.2 Å². The molecule has 1 aliphatic rings. The number of nitrogens with one attached hydrogen (secondary N) is 2. The maximum absolute atomic E-state index is 4.58. The van der Waals surface area contributed by atoms with E-state index in [0.717, 1.165) is 57.8 Å². The highest BCUT2D eigenvalue weighted by molar-refractivity contribution is 6.00. The topological polar surface area (TPSA) is 82.6 Å². The number of pyridine rings is 1. The van der Waals surface area contributed by atoms with Crippen LogP contribution in [0.15, 0.2) is 36.9 Å². The average molecular weight is 359 g/mol. The van der Waals surface area contributed by atoms with Crippen molar-refractivity contribution in [3.05, 3.63) is 42.5 Å². The molecule has 4 aromatic rings. The molecule has 0 radical (unpaired) electrons. The Morgan fingerprint density at radius 1 is 1.00 bits per heavy atom. The van der Waals surface area contributed by atoms with Gasteiger partial charge in [0.15, 0.2) is 5.82 Å². The van der Waals surface area contributed by atoms with Gasteiger partial charge in [0.2, 0.25) is 0 Å². The van der Waals surface area contributed by atoms with Gasteiger partial charge in [0.05, 0.1) is 17.4 Å². The molecule has 1 aliphatic heterocycles. The number of hydrogen-bond acceptors (Lipinski definition) is 6. The fraction of sp³-hybridized carbons (Fsp3) is 0.300. The number of benzene rings is 1. The highest BCUT2D eigenvalue weighted by Crippen LogP contribution is 2.33. The summed E-state index contributed by atoms with van der Waals surface area (Å²) in [6.07, 6.45) is 9.02. The maximum atomic E-state index is 4.58. The molecule has 0 aliphatic carbocycles. The third-order valence-electron chi connectivity index (χ3n) is 5.26. The number of aryl methyl sites for hydroxylation is 1. The summed E-state index contributed by atoms with van der Waals surface area (Å²) in [5, 5.41) is 12.8. The summed E-state index contributed by atoms with van der Waals surface area (Å²) in [6, 6.07) is 6.12. The maximum Gasteiger partial charge on any atom is 0.157 e. The van der Waals surface area contributed by atoms with Crippen molar-refractivity contribution in [2.45, 2.75) is 26.2 Å². The summed E-state index contributed by atoms with van der Waals surface area (Å²) in [6.45, 7) is 4.17. The molecule has 2 N–H and O–H groups in total. The average Bonchev–Trinajstić information content (AvgIpc) is 3.19. The number of piperidine rings is 1. The SMILES string of the molecule is Cc1ccc2[nH]ncc2c1Nc1nccc2c(N3CCCCC3)ncnc12. The van der Waals surface area contributed by atoms with Crippen LogP contribution in [0.4, 0.5) is 17.3 Å². The van der Waals surface area contributed by atoms with Crippen molar-refractivity contribution in [2.75, 3.05) is 23.3 Å². The zero-order valence-electron chi connectivity index (χ0n) is 15.2. The molecule has 1 fully saturated rings. The van der Waals surface area contributed by atoms with E-state index >= 15 is 0 Å². The number of hydrogen-bond donors (Lipinski definition) is 2. The van der Waals surface area contributed by atoms with Crippen molar-refractivity contribution < 1.29 is 0 Å². The number of aromatic amines is 1. The van der Waals surface area contributed by atoms with Crippen LogP contribution in [0.3, 0.4) is 0 Å². The predicted octanol–water partition coefficient (Wildman–Crippen LogP) is 3.94. The molecule has 3 aromatic heterocycles. The zero-order chi connectivity index (χ0) is 18.2. The van der Waals surface area contributed by atoms with Gasteiger partial charge < -0.3 is 10.2 Å². The summed E-state index contributed by atoms with van der Waals surface area (Å²) in [5.74, 6) is 1.74. The third kappa shape index (κ3) is 2.75. The van der Waals surface area contributed by atoms with E-state index in [1.165, 1.54) is 19.3 Å². The molecule has 0 saturated carbocycles.